The Morgan fingerprint density at radius 2 is 2.06 bits per heavy atom. The number of nitrogens with two attached hydrogens (primary N) is 1. The summed E-state index contributed by atoms with van der Waals surface area (Å²) >= 11 is 0. The van der Waals surface area contributed by atoms with Gasteiger partial charge in [0.15, 0.2) is 5.82 Å². The largest absolute Gasteiger partial charge is 0.497 e. The van der Waals surface area contributed by atoms with Crippen molar-refractivity contribution in [1.29, 1.82) is 0 Å². The lowest BCUT2D eigenvalue weighted by molar-refractivity contribution is 0.415. The monoisotopic (exact) mass is 244 g/mol. The van der Waals surface area contributed by atoms with E-state index in [9.17, 15) is 0 Å². The SMILES string of the molecule is COc1ccc(-c2nnc3n2CC(N)CC3)cc1. The molecule has 0 aliphatic carbocycles. The molecule has 0 fully saturated rings. The van der Waals surface area contributed by atoms with Crippen LogP contribution in [0.3, 0.4) is 0 Å². The van der Waals surface area contributed by atoms with Gasteiger partial charge in [-0.2, -0.15) is 0 Å². The predicted octanol–water partition coefficient (Wildman–Crippen LogP) is 1.23. The third-order valence-corrected chi connectivity index (χ3v) is 3.33. The molecule has 0 radical (unpaired) electrons. The molecule has 1 aromatic heterocycles. The Bertz CT molecular complexity index is 547. The second-order valence-corrected chi connectivity index (χ2v) is 4.58. The highest BCUT2D eigenvalue weighted by Crippen LogP contribution is 2.24. The molecule has 1 atom stereocenters. The van der Waals surface area contributed by atoms with E-state index in [1.807, 2.05) is 24.3 Å². The summed E-state index contributed by atoms with van der Waals surface area (Å²) in [6.45, 7) is 0.795. The summed E-state index contributed by atoms with van der Waals surface area (Å²) < 4.78 is 7.27. The van der Waals surface area contributed by atoms with Gasteiger partial charge in [-0.05, 0) is 30.7 Å². The maximum Gasteiger partial charge on any atom is 0.164 e. The van der Waals surface area contributed by atoms with Crippen molar-refractivity contribution in [2.45, 2.75) is 25.4 Å². The van der Waals surface area contributed by atoms with Gasteiger partial charge in [-0.15, -0.1) is 10.2 Å². The van der Waals surface area contributed by atoms with Crippen molar-refractivity contribution >= 4 is 0 Å². The summed E-state index contributed by atoms with van der Waals surface area (Å²) in [4.78, 5) is 0. The lowest BCUT2D eigenvalue weighted by atomic mass is 10.1. The topological polar surface area (TPSA) is 66.0 Å². The standard InChI is InChI=1S/C13H16N4O/c1-18-11-5-2-9(3-6-11)13-16-15-12-7-4-10(14)8-17(12)13/h2-3,5-6,10H,4,7-8,14H2,1H3. The fraction of sp³-hybridized carbons (Fsp3) is 0.385. The number of nitrogens with zero attached hydrogens (tertiary/aromatic N) is 3. The lowest BCUT2D eigenvalue weighted by Crippen LogP contribution is -2.32. The van der Waals surface area contributed by atoms with Crippen LogP contribution < -0.4 is 10.5 Å². The highest BCUT2D eigenvalue weighted by molar-refractivity contribution is 5.56. The van der Waals surface area contributed by atoms with E-state index < -0.39 is 0 Å². The molecule has 3 rings (SSSR count). The van der Waals surface area contributed by atoms with Gasteiger partial charge in [0.1, 0.15) is 11.6 Å². The van der Waals surface area contributed by atoms with Crippen molar-refractivity contribution in [3.63, 3.8) is 0 Å². The van der Waals surface area contributed by atoms with Gasteiger partial charge in [-0.3, -0.25) is 0 Å². The van der Waals surface area contributed by atoms with Gasteiger partial charge in [-0.25, -0.2) is 0 Å². The van der Waals surface area contributed by atoms with Crippen molar-refractivity contribution in [1.82, 2.24) is 14.8 Å². The second kappa shape index (κ2) is 4.42. The van der Waals surface area contributed by atoms with E-state index in [4.69, 9.17) is 10.5 Å². The average molecular weight is 244 g/mol. The third kappa shape index (κ3) is 1.86. The first-order valence-corrected chi connectivity index (χ1v) is 6.10. The van der Waals surface area contributed by atoms with Crippen molar-refractivity contribution in [3.05, 3.63) is 30.1 Å². The van der Waals surface area contributed by atoms with Gasteiger partial charge in [0.05, 0.1) is 7.11 Å². The van der Waals surface area contributed by atoms with Crippen LogP contribution in [-0.4, -0.2) is 27.9 Å². The summed E-state index contributed by atoms with van der Waals surface area (Å²) in [5, 5.41) is 8.51. The van der Waals surface area contributed by atoms with Gasteiger partial charge in [-0.1, -0.05) is 0 Å². The normalized spacial score (nSPS) is 18.4. The van der Waals surface area contributed by atoms with Crippen LogP contribution in [0.25, 0.3) is 11.4 Å². The first kappa shape index (κ1) is 11.2. The van der Waals surface area contributed by atoms with Gasteiger partial charge >= 0.3 is 0 Å². The third-order valence-electron chi connectivity index (χ3n) is 3.33. The van der Waals surface area contributed by atoms with E-state index in [0.29, 0.717) is 0 Å². The Morgan fingerprint density at radius 1 is 1.28 bits per heavy atom. The average Bonchev–Trinajstić information content (AvgIpc) is 2.82. The van der Waals surface area contributed by atoms with Crippen LogP contribution in [0.1, 0.15) is 12.2 Å². The lowest BCUT2D eigenvalue weighted by Gasteiger charge is -2.20. The van der Waals surface area contributed by atoms with Crippen LogP contribution >= 0.6 is 0 Å². The molecule has 0 bridgehead atoms. The number of benzene rings is 1. The number of aromatic nitrogens is 3. The molecule has 0 amide bonds. The van der Waals surface area contributed by atoms with Crippen LogP contribution in [0.15, 0.2) is 24.3 Å². The molecular formula is C13H16N4O. The number of aryl methyl sites for hydroxylation is 1. The number of hydrogen-bond acceptors (Lipinski definition) is 4. The minimum Gasteiger partial charge on any atom is -0.497 e. The maximum absolute atomic E-state index is 6.00. The minimum absolute atomic E-state index is 0.200. The van der Waals surface area contributed by atoms with Crippen LogP contribution in [0.4, 0.5) is 0 Å². The molecule has 0 saturated heterocycles. The van der Waals surface area contributed by atoms with E-state index in [2.05, 4.69) is 14.8 Å². The zero-order chi connectivity index (χ0) is 12.5. The number of hydrogen-bond donors (Lipinski definition) is 1. The number of methoxy groups -OCH3 is 1. The fourth-order valence-corrected chi connectivity index (χ4v) is 2.31. The Labute approximate surface area is 106 Å². The maximum atomic E-state index is 6.00. The van der Waals surface area contributed by atoms with Crippen molar-refractivity contribution in [3.8, 4) is 17.1 Å². The Kier molecular flexibility index (Phi) is 2.76. The molecule has 1 unspecified atom stereocenters. The highest BCUT2D eigenvalue weighted by Gasteiger charge is 2.20. The van der Waals surface area contributed by atoms with E-state index in [-0.39, 0.29) is 6.04 Å². The van der Waals surface area contributed by atoms with Gasteiger partial charge < -0.3 is 15.0 Å². The molecule has 18 heavy (non-hydrogen) atoms. The summed E-state index contributed by atoms with van der Waals surface area (Å²) in [5.41, 5.74) is 7.05. The van der Waals surface area contributed by atoms with Crippen LogP contribution in [0, 0.1) is 0 Å². The summed E-state index contributed by atoms with van der Waals surface area (Å²) in [5.74, 6) is 2.76. The van der Waals surface area contributed by atoms with Gasteiger partial charge in [0.25, 0.3) is 0 Å². The Balaban J connectivity index is 1.98. The zero-order valence-electron chi connectivity index (χ0n) is 10.3. The quantitative estimate of drug-likeness (QED) is 0.862. The smallest absolute Gasteiger partial charge is 0.164 e. The van der Waals surface area contributed by atoms with E-state index >= 15 is 0 Å². The molecule has 0 spiro atoms. The van der Waals surface area contributed by atoms with Gasteiger partial charge in [0, 0.05) is 24.6 Å². The highest BCUT2D eigenvalue weighted by atomic mass is 16.5. The molecule has 94 valence electrons. The summed E-state index contributed by atoms with van der Waals surface area (Å²) in [6.07, 6.45) is 1.89. The fourth-order valence-electron chi connectivity index (χ4n) is 2.31. The van der Waals surface area contributed by atoms with Crippen molar-refractivity contribution < 1.29 is 4.74 Å². The number of ether oxygens (including phenoxy) is 1. The molecule has 0 saturated carbocycles. The first-order valence-electron chi connectivity index (χ1n) is 6.10. The second-order valence-electron chi connectivity index (χ2n) is 4.58. The molecule has 5 nitrogen and oxygen atoms in total. The van der Waals surface area contributed by atoms with E-state index in [1.165, 1.54) is 0 Å². The molecule has 2 N–H and O–H groups in total. The minimum atomic E-state index is 0.200. The van der Waals surface area contributed by atoms with Crippen molar-refractivity contribution in [2.75, 3.05) is 7.11 Å². The summed E-state index contributed by atoms with van der Waals surface area (Å²) in [7, 11) is 1.66. The van der Waals surface area contributed by atoms with E-state index in [1.54, 1.807) is 7.11 Å². The molecule has 5 heteroatoms. The Morgan fingerprint density at radius 3 is 2.78 bits per heavy atom. The number of fused-ring (bicyclic) bond motifs is 1. The van der Waals surface area contributed by atoms with Crippen molar-refractivity contribution in [2.24, 2.45) is 5.73 Å². The van der Waals surface area contributed by atoms with E-state index in [0.717, 1.165) is 42.3 Å². The molecular weight excluding hydrogens is 228 g/mol. The van der Waals surface area contributed by atoms with Crippen LogP contribution in [-0.2, 0) is 13.0 Å². The van der Waals surface area contributed by atoms with Gasteiger partial charge in [0.2, 0.25) is 0 Å². The molecule has 1 aliphatic heterocycles. The Hall–Kier alpha value is -1.88. The molecule has 2 aromatic rings. The van der Waals surface area contributed by atoms with Crippen LogP contribution in [0.5, 0.6) is 5.75 Å². The predicted molar refractivity (Wildman–Crippen MR) is 68.3 cm³/mol. The molecule has 2 heterocycles. The van der Waals surface area contributed by atoms with Crippen LogP contribution in [0.2, 0.25) is 0 Å². The first-order chi connectivity index (χ1) is 8.78. The molecule has 1 aromatic carbocycles. The molecule has 1 aliphatic rings. The zero-order valence-corrected chi connectivity index (χ0v) is 10.3. The summed E-state index contributed by atoms with van der Waals surface area (Å²) in [6, 6.07) is 8.05. The number of rotatable bonds is 2.